The van der Waals surface area contributed by atoms with Crippen molar-refractivity contribution in [2.45, 2.75) is 25.2 Å². The number of nitrogens with zero attached hydrogens (tertiary/aromatic N) is 2. The normalized spacial score (nSPS) is 14.5. The number of rotatable bonds is 6. The van der Waals surface area contributed by atoms with E-state index in [1.807, 2.05) is 18.7 Å². The van der Waals surface area contributed by atoms with E-state index in [0.717, 1.165) is 17.7 Å². The van der Waals surface area contributed by atoms with E-state index < -0.39 is 10.0 Å². The molecule has 21 heavy (non-hydrogen) atoms. The van der Waals surface area contributed by atoms with E-state index in [2.05, 4.69) is 0 Å². The van der Waals surface area contributed by atoms with Crippen LogP contribution in [0.1, 0.15) is 19.4 Å². The molecule has 1 amide bonds. The van der Waals surface area contributed by atoms with Crippen molar-refractivity contribution >= 4 is 21.6 Å². The third kappa shape index (κ3) is 3.03. The topological polar surface area (TPSA) is 83.7 Å². The first kappa shape index (κ1) is 15.8. The lowest BCUT2D eigenvalue weighted by Gasteiger charge is -2.20. The van der Waals surface area contributed by atoms with Gasteiger partial charge in [0.05, 0.1) is 11.4 Å². The first-order valence-corrected chi connectivity index (χ1v) is 8.50. The number of nitrogens with two attached hydrogens (primary N) is 1. The fourth-order valence-electron chi connectivity index (χ4n) is 2.67. The van der Waals surface area contributed by atoms with Crippen LogP contribution in [0.3, 0.4) is 0 Å². The molecule has 0 unspecified atom stereocenters. The van der Waals surface area contributed by atoms with Gasteiger partial charge in [-0.2, -0.15) is 4.31 Å². The number of anilines is 1. The molecule has 2 N–H and O–H groups in total. The van der Waals surface area contributed by atoms with Crippen LogP contribution in [-0.2, 0) is 21.2 Å². The average Bonchev–Trinajstić information content (AvgIpc) is 2.81. The van der Waals surface area contributed by atoms with Crippen molar-refractivity contribution in [2.75, 3.05) is 31.1 Å². The maximum Gasteiger partial charge on any atom is 0.243 e. The number of benzene rings is 1. The molecule has 1 aliphatic heterocycles. The molecule has 0 saturated carbocycles. The predicted molar refractivity (Wildman–Crippen MR) is 81.7 cm³/mol. The Morgan fingerprint density at radius 1 is 1.33 bits per heavy atom. The minimum Gasteiger partial charge on any atom is -0.368 e. The molecule has 1 aromatic carbocycles. The molecule has 0 aliphatic carbocycles. The fourth-order valence-corrected chi connectivity index (χ4v) is 4.18. The van der Waals surface area contributed by atoms with Crippen LogP contribution in [0.5, 0.6) is 0 Å². The van der Waals surface area contributed by atoms with E-state index in [1.165, 1.54) is 4.31 Å². The van der Waals surface area contributed by atoms with Gasteiger partial charge in [0.1, 0.15) is 0 Å². The zero-order valence-electron chi connectivity index (χ0n) is 12.4. The summed E-state index contributed by atoms with van der Waals surface area (Å²) < 4.78 is 26.4. The largest absolute Gasteiger partial charge is 0.368 e. The van der Waals surface area contributed by atoms with Crippen molar-refractivity contribution in [1.29, 1.82) is 0 Å². The van der Waals surface area contributed by atoms with Gasteiger partial charge in [-0.3, -0.25) is 4.79 Å². The van der Waals surface area contributed by atoms with Gasteiger partial charge in [0.25, 0.3) is 0 Å². The standard InChI is InChI=1S/C14H21N3O3S/c1-3-17(4-2)21(19,20)12-5-6-13-11(9-12)7-8-16(13)10-14(15)18/h5-6,9H,3-4,7-8,10H2,1-2H3,(H2,15,18). The molecule has 0 aromatic heterocycles. The van der Waals surface area contributed by atoms with E-state index in [4.69, 9.17) is 5.73 Å². The van der Waals surface area contributed by atoms with Crippen LogP contribution in [0, 0.1) is 0 Å². The average molecular weight is 311 g/mol. The molecule has 1 aliphatic rings. The van der Waals surface area contributed by atoms with E-state index in [0.29, 0.717) is 24.5 Å². The predicted octanol–water partition coefficient (Wildman–Crippen LogP) is 0.565. The molecule has 0 fully saturated rings. The molecule has 2 rings (SSSR count). The van der Waals surface area contributed by atoms with E-state index in [9.17, 15) is 13.2 Å². The second-order valence-electron chi connectivity index (χ2n) is 5.02. The lowest BCUT2D eigenvalue weighted by molar-refractivity contribution is -0.116. The minimum absolute atomic E-state index is 0.162. The Balaban J connectivity index is 2.33. The molecule has 7 heteroatoms. The van der Waals surface area contributed by atoms with Gasteiger partial charge in [-0.05, 0) is 30.2 Å². The van der Waals surface area contributed by atoms with Gasteiger partial charge in [-0.15, -0.1) is 0 Å². The van der Waals surface area contributed by atoms with Crippen molar-refractivity contribution < 1.29 is 13.2 Å². The third-order valence-corrected chi connectivity index (χ3v) is 5.78. The molecule has 1 aromatic rings. The van der Waals surface area contributed by atoms with E-state index in [-0.39, 0.29) is 12.5 Å². The Labute approximate surface area is 125 Å². The maximum absolute atomic E-state index is 12.5. The Kier molecular flexibility index (Phi) is 4.53. The quantitative estimate of drug-likeness (QED) is 0.832. The van der Waals surface area contributed by atoms with Crippen LogP contribution in [0.4, 0.5) is 5.69 Å². The fraction of sp³-hybridized carbons (Fsp3) is 0.500. The smallest absolute Gasteiger partial charge is 0.243 e. The van der Waals surface area contributed by atoms with Gasteiger partial charge in [0, 0.05) is 25.3 Å². The lowest BCUT2D eigenvalue weighted by Crippen LogP contribution is -2.32. The van der Waals surface area contributed by atoms with Crippen molar-refractivity contribution in [3.05, 3.63) is 23.8 Å². The maximum atomic E-state index is 12.5. The van der Waals surface area contributed by atoms with Crippen LogP contribution < -0.4 is 10.6 Å². The number of carbonyl (C=O) groups excluding carboxylic acids is 1. The van der Waals surface area contributed by atoms with Gasteiger partial charge >= 0.3 is 0 Å². The Morgan fingerprint density at radius 3 is 2.57 bits per heavy atom. The number of sulfonamides is 1. The summed E-state index contributed by atoms with van der Waals surface area (Å²) in [5, 5.41) is 0. The molecular weight excluding hydrogens is 290 g/mol. The molecule has 0 bridgehead atoms. The van der Waals surface area contributed by atoms with Gasteiger partial charge in [-0.25, -0.2) is 8.42 Å². The van der Waals surface area contributed by atoms with Crippen molar-refractivity contribution in [3.8, 4) is 0 Å². The van der Waals surface area contributed by atoms with Gasteiger partial charge < -0.3 is 10.6 Å². The highest BCUT2D eigenvalue weighted by molar-refractivity contribution is 7.89. The lowest BCUT2D eigenvalue weighted by atomic mass is 10.2. The zero-order valence-corrected chi connectivity index (χ0v) is 13.2. The summed E-state index contributed by atoms with van der Waals surface area (Å²) in [6.07, 6.45) is 0.726. The summed E-state index contributed by atoms with van der Waals surface area (Å²) in [7, 11) is -3.44. The monoisotopic (exact) mass is 311 g/mol. The molecule has 0 spiro atoms. The Hall–Kier alpha value is -1.60. The summed E-state index contributed by atoms with van der Waals surface area (Å²) in [6.45, 7) is 5.39. The zero-order chi connectivity index (χ0) is 15.6. The van der Waals surface area contributed by atoms with Crippen LogP contribution in [0.25, 0.3) is 0 Å². The van der Waals surface area contributed by atoms with Crippen molar-refractivity contribution in [2.24, 2.45) is 5.73 Å². The second kappa shape index (κ2) is 6.03. The summed E-state index contributed by atoms with van der Waals surface area (Å²) in [5.74, 6) is -0.386. The van der Waals surface area contributed by atoms with Crippen LogP contribution in [-0.4, -0.2) is 44.8 Å². The molecule has 1 heterocycles. The Bertz CT molecular complexity index is 639. The molecule has 116 valence electrons. The SMILES string of the molecule is CCN(CC)S(=O)(=O)c1ccc2c(c1)CCN2CC(N)=O. The number of hydrogen-bond donors (Lipinski definition) is 1. The molecule has 6 nitrogen and oxygen atoms in total. The molecule has 0 radical (unpaired) electrons. The van der Waals surface area contributed by atoms with Crippen LogP contribution in [0.2, 0.25) is 0 Å². The highest BCUT2D eigenvalue weighted by atomic mass is 32.2. The summed E-state index contributed by atoms with van der Waals surface area (Å²) in [4.78, 5) is 13.2. The third-order valence-electron chi connectivity index (χ3n) is 3.73. The van der Waals surface area contributed by atoms with Crippen LogP contribution in [0.15, 0.2) is 23.1 Å². The number of fused-ring (bicyclic) bond motifs is 1. The molecule has 0 saturated heterocycles. The van der Waals surface area contributed by atoms with Crippen molar-refractivity contribution in [1.82, 2.24) is 4.31 Å². The van der Waals surface area contributed by atoms with E-state index in [1.54, 1.807) is 18.2 Å². The van der Waals surface area contributed by atoms with Crippen LogP contribution >= 0.6 is 0 Å². The van der Waals surface area contributed by atoms with Crippen molar-refractivity contribution in [3.63, 3.8) is 0 Å². The summed E-state index contributed by atoms with van der Waals surface area (Å²) >= 11 is 0. The number of amides is 1. The second-order valence-corrected chi connectivity index (χ2v) is 6.96. The summed E-state index contributed by atoms with van der Waals surface area (Å²) in [5.41, 5.74) is 7.07. The highest BCUT2D eigenvalue weighted by Crippen LogP contribution is 2.30. The van der Waals surface area contributed by atoms with Gasteiger partial charge in [0.2, 0.25) is 15.9 Å². The number of hydrogen-bond acceptors (Lipinski definition) is 4. The van der Waals surface area contributed by atoms with Gasteiger partial charge in [0.15, 0.2) is 0 Å². The van der Waals surface area contributed by atoms with E-state index >= 15 is 0 Å². The number of primary amides is 1. The van der Waals surface area contributed by atoms with Gasteiger partial charge in [-0.1, -0.05) is 13.8 Å². The minimum atomic E-state index is -3.44. The molecule has 0 atom stereocenters. The molecular formula is C14H21N3O3S. The first-order chi connectivity index (χ1) is 9.90. The first-order valence-electron chi connectivity index (χ1n) is 7.06. The summed E-state index contributed by atoms with van der Waals surface area (Å²) in [6, 6.07) is 5.08. The highest BCUT2D eigenvalue weighted by Gasteiger charge is 2.26. The number of carbonyl (C=O) groups is 1. The Morgan fingerprint density at radius 2 is 2.00 bits per heavy atom.